The minimum absolute atomic E-state index is 0.0714. The number of benzene rings is 1. The summed E-state index contributed by atoms with van der Waals surface area (Å²) in [5.41, 5.74) is 3.46. The van der Waals surface area contributed by atoms with Gasteiger partial charge in [0.15, 0.2) is 11.5 Å². The van der Waals surface area contributed by atoms with E-state index in [0.29, 0.717) is 23.1 Å². The van der Waals surface area contributed by atoms with Crippen LogP contribution in [0.1, 0.15) is 37.2 Å². The second-order valence-corrected chi connectivity index (χ2v) is 9.24. The molecule has 1 saturated heterocycles. The Morgan fingerprint density at radius 3 is 2.55 bits per heavy atom. The van der Waals surface area contributed by atoms with E-state index in [4.69, 9.17) is 10.1 Å². The number of anilines is 1. The molecule has 1 aliphatic heterocycles. The topological polar surface area (TPSA) is 80.7 Å². The summed E-state index contributed by atoms with van der Waals surface area (Å²) in [4.78, 5) is 9.36. The lowest BCUT2D eigenvalue weighted by atomic mass is 9.94. The van der Waals surface area contributed by atoms with Crippen molar-refractivity contribution < 1.29 is 5.11 Å². The molecule has 0 spiro atoms. The van der Waals surface area contributed by atoms with Gasteiger partial charge in [-0.15, -0.1) is 5.10 Å². The van der Waals surface area contributed by atoms with Gasteiger partial charge in [0.25, 0.3) is 0 Å². The summed E-state index contributed by atoms with van der Waals surface area (Å²) >= 11 is 0. The van der Waals surface area contributed by atoms with Gasteiger partial charge in [0.2, 0.25) is 0 Å². The van der Waals surface area contributed by atoms with Crippen molar-refractivity contribution >= 4 is 11.5 Å². The van der Waals surface area contributed by atoms with Crippen LogP contribution in [0.4, 0.5) is 5.82 Å². The zero-order chi connectivity index (χ0) is 22.3. The lowest BCUT2D eigenvalue weighted by molar-refractivity contribution is 0.212. The van der Waals surface area contributed by atoms with Gasteiger partial charge in [-0.2, -0.15) is 9.78 Å². The molecule has 1 N–H and O–H groups in total. The molecule has 0 bridgehead atoms. The molecule has 1 aliphatic rings. The summed E-state index contributed by atoms with van der Waals surface area (Å²) in [6, 6.07) is 13.0. The maximum Gasteiger partial charge on any atom is 0.176 e. The molecule has 0 radical (unpaired) electrons. The lowest BCUT2D eigenvalue weighted by Crippen LogP contribution is -2.32. The van der Waals surface area contributed by atoms with E-state index in [2.05, 4.69) is 42.1 Å². The maximum absolute atomic E-state index is 10.0. The van der Waals surface area contributed by atoms with Gasteiger partial charge in [-0.25, -0.2) is 4.98 Å². The van der Waals surface area contributed by atoms with Crippen LogP contribution in [0.15, 0.2) is 30.3 Å². The first-order chi connectivity index (χ1) is 14.8. The van der Waals surface area contributed by atoms with Crippen molar-refractivity contribution in [1.82, 2.24) is 19.5 Å². The second-order valence-electron chi connectivity index (χ2n) is 9.24. The Bertz CT molecular complexity index is 1140. The van der Waals surface area contributed by atoms with Gasteiger partial charge < -0.3 is 14.9 Å². The van der Waals surface area contributed by atoms with Crippen molar-refractivity contribution in [2.75, 3.05) is 38.7 Å². The van der Waals surface area contributed by atoms with Crippen LogP contribution in [0.5, 0.6) is 0 Å². The smallest absolute Gasteiger partial charge is 0.176 e. The van der Waals surface area contributed by atoms with E-state index >= 15 is 0 Å². The maximum atomic E-state index is 10.0. The van der Waals surface area contributed by atoms with Crippen molar-refractivity contribution in [3.63, 3.8) is 0 Å². The summed E-state index contributed by atoms with van der Waals surface area (Å²) in [5, 5.41) is 24.8. The van der Waals surface area contributed by atoms with Crippen LogP contribution in [0.2, 0.25) is 0 Å². The first-order valence-electron chi connectivity index (χ1n) is 10.7. The summed E-state index contributed by atoms with van der Waals surface area (Å²) in [6.45, 7) is 7.54. The summed E-state index contributed by atoms with van der Waals surface area (Å²) in [5.74, 6) is 1.51. The van der Waals surface area contributed by atoms with Crippen LogP contribution in [0.3, 0.4) is 0 Å². The zero-order valence-electron chi connectivity index (χ0n) is 18.9. The molecule has 0 unspecified atom stereocenters. The third-order valence-corrected chi connectivity index (χ3v) is 6.37. The van der Waals surface area contributed by atoms with Gasteiger partial charge in [-0.3, -0.25) is 0 Å². The molecular formula is C24H30N6O. The number of aliphatic hydroxyl groups is 1. The molecule has 7 nitrogen and oxygen atoms in total. The molecule has 31 heavy (non-hydrogen) atoms. The number of hydrogen-bond donors (Lipinski definition) is 1. The van der Waals surface area contributed by atoms with Crippen LogP contribution in [0, 0.1) is 18.3 Å². The van der Waals surface area contributed by atoms with Crippen molar-refractivity contribution in [2.24, 2.45) is 0 Å². The number of likely N-dealkylation sites (N-methyl/N-ethyl adjacent to an activating group) is 1. The second kappa shape index (κ2) is 7.95. The SMILES string of the molecule is Cc1c(-c2ccccc2)c(N2CC[C@H](N(C)C)C2)n2nc(C(C)(C)CO)nc2c1C#N. The minimum Gasteiger partial charge on any atom is -0.395 e. The molecule has 3 aromatic rings. The summed E-state index contributed by atoms with van der Waals surface area (Å²) < 4.78 is 1.83. The van der Waals surface area contributed by atoms with Crippen LogP contribution < -0.4 is 4.90 Å². The Labute approximate surface area is 183 Å². The molecular weight excluding hydrogens is 388 g/mol. The average molecular weight is 419 g/mol. The van der Waals surface area contributed by atoms with Crippen molar-refractivity contribution in [2.45, 2.75) is 38.6 Å². The van der Waals surface area contributed by atoms with E-state index < -0.39 is 5.41 Å². The Morgan fingerprint density at radius 2 is 1.97 bits per heavy atom. The quantitative estimate of drug-likeness (QED) is 0.686. The molecule has 0 aliphatic carbocycles. The number of nitrogens with zero attached hydrogens (tertiary/aromatic N) is 6. The molecule has 7 heteroatoms. The Hall–Kier alpha value is -2.95. The summed E-state index contributed by atoms with van der Waals surface area (Å²) in [6.07, 6.45) is 1.06. The molecule has 2 aromatic heterocycles. The highest BCUT2D eigenvalue weighted by molar-refractivity contribution is 5.85. The fourth-order valence-corrected chi connectivity index (χ4v) is 4.28. The highest BCUT2D eigenvalue weighted by Gasteiger charge is 2.33. The van der Waals surface area contributed by atoms with Crippen molar-refractivity contribution in [3.8, 4) is 17.2 Å². The van der Waals surface area contributed by atoms with E-state index in [1.54, 1.807) is 0 Å². The summed E-state index contributed by atoms with van der Waals surface area (Å²) in [7, 11) is 4.23. The van der Waals surface area contributed by atoms with Gasteiger partial charge in [-0.1, -0.05) is 44.2 Å². The number of aromatic nitrogens is 3. The van der Waals surface area contributed by atoms with E-state index in [9.17, 15) is 10.4 Å². The zero-order valence-corrected chi connectivity index (χ0v) is 18.9. The Balaban J connectivity index is 2.05. The molecule has 0 saturated carbocycles. The standard InChI is InChI=1S/C24H30N6O/c1-16-19(13-25)21-26-23(24(2,3)15-31)27-30(21)22(20(16)17-9-7-6-8-10-17)29-12-11-18(14-29)28(4)5/h6-10,18,31H,11-12,14-15H2,1-5H3/t18-/m0/s1. The van der Waals surface area contributed by atoms with Gasteiger partial charge in [0.05, 0.1) is 6.61 Å². The third kappa shape index (κ3) is 3.56. The normalized spacial score (nSPS) is 17.0. The van der Waals surface area contributed by atoms with Gasteiger partial charge in [0, 0.05) is 30.1 Å². The highest BCUT2D eigenvalue weighted by Crippen LogP contribution is 2.39. The number of fused-ring (bicyclic) bond motifs is 1. The largest absolute Gasteiger partial charge is 0.395 e. The molecule has 162 valence electrons. The predicted octanol–water partition coefficient (Wildman–Crippen LogP) is 2.99. The third-order valence-electron chi connectivity index (χ3n) is 6.37. The van der Waals surface area contributed by atoms with Gasteiger partial charge in [-0.05, 0) is 38.6 Å². The minimum atomic E-state index is -0.603. The number of hydrogen-bond acceptors (Lipinski definition) is 6. The van der Waals surface area contributed by atoms with Crippen LogP contribution in [-0.2, 0) is 5.41 Å². The Kier molecular flexibility index (Phi) is 5.46. The number of aliphatic hydroxyl groups excluding tert-OH is 1. The number of pyridine rings is 1. The Morgan fingerprint density at radius 1 is 1.26 bits per heavy atom. The van der Waals surface area contributed by atoms with E-state index in [1.807, 2.05) is 43.5 Å². The molecule has 4 rings (SSSR count). The van der Waals surface area contributed by atoms with Crippen molar-refractivity contribution in [1.29, 1.82) is 5.26 Å². The molecule has 1 atom stereocenters. The van der Waals surface area contributed by atoms with Crippen LogP contribution in [0.25, 0.3) is 16.8 Å². The van der Waals surface area contributed by atoms with Crippen LogP contribution in [-0.4, -0.2) is 64.4 Å². The van der Waals surface area contributed by atoms with Crippen molar-refractivity contribution in [3.05, 3.63) is 47.3 Å². The monoisotopic (exact) mass is 418 g/mol. The molecule has 1 aromatic carbocycles. The number of nitriles is 1. The molecule has 0 amide bonds. The fourth-order valence-electron chi connectivity index (χ4n) is 4.28. The fraction of sp³-hybridized carbons (Fsp3) is 0.458. The van der Waals surface area contributed by atoms with E-state index in [1.165, 1.54) is 0 Å². The highest BCUT2D eigenvalue weighted by atomic mass is 16.3. The van der Waals surface area contributed by atoms with E-state index in [0.717, 1.165) is 42.0 Å². The van der Waals surface area contributed by atoms with Crippen LogP contribution >= 0.6 is 0 Å². The average Bonchev–Trinajstić information content (AvgIpc) is 3.42. The number of rotatable bonds is 5. The van der Waals surface area contributed by atoms with Gasteiger partial charge in [0.1, 0.15) is 17.5 Å². The van der Waals surface area contributed by atoms with E-state index in [-0.39, 0.29) is 6.61 Å². The molecule has 3 heterocycles. The first-order valence-corrected chi connectivity index (χ1v) is 10.7. The lowest BCUT2D eigenvalue weighted by Gasteiger charge is -2.26. The molecule has 1 fully saturated rings. The predicted molar refractivity (Wildman–Crippen MR) is 122 cm³/mol. The van der Waals surface area contributed by atoms with Gasteiger partial charge >= 0.3 is 0 Å². The first kappa shape index (κ1) is 21.3.